The van der Waals surface area contributed by atoms with Crippen LogP contribution in [0.25, 0.3) is 0 Å². The normalized spacial score (nSPS) is 11.9. The summed E-state index contributed by atoms with van der Waals surface area (Å²) < 4.78 is 4.97. The number of hydrogen-bond donors (Lipinski definition) is 2. The van der Waals surface area contributed by atoms with Crippen LogP contribution < -0.4 is 5.73 Å². The molecule has 1 aromatic heterocycles. The molecule has 10 heavy (non-hydrogen) atoms. The molecule has 0 spiro atoms. The first-order chi connectivity index (χ1) is 4.50. The number of H-pyrrole nitrogens is 1. The quantitative estimate of drug-likeness (QED) is 0.598. The SMILES string of the molecule is CC(C)(N)c1n[nH]c(=S)o1. The van der Waals surface area contributed by atoms with Crippen LogP contribution in [-0.2, 0) is 5.54 Å². The van der Waals surface area contributed by atoms with Gasteiger partial charge in [0.25, 0.3) is 4.84 Å². The molecular weight excluding hydrogens is 150 g/mol. The third kappa shape index (κ3) is 1.43. The number of hydrogen-bond acceptors (Lipinski definition) is 4. The van der Waals surface area contributed by atoms with Crippen LogP contribution in [0.4, 0.5) is 0 Å². The van der Waals surface area contributed by atoms with Crippen molar-refractivity contribution in [1.82, 2.24) is 10.2 Å². The van der Waals surface area contributed by atoms with Crippen LogP contribution in [0, 0.1) is 4.84 Å². The van der Waals surface area contributed by atoms with Gasteiger partial charge in [0.05, 0.1) is 5.54 Å². The van der Waals surface area contributed by atoms with E-state index in [1.807, 2.05) is 0 Å². The molecule has 0 aromatic carbocycles. The molecule has 0 saturated heterocycles. The summed E-state index contributed by atoms with van der Waals surface area (Å²) >= 11 is 4.66. The monoisotopic (exact) mass is 159 g/mol. The molecule has 5 heteroatoms. The Labute approximate surface area is 63.4 Å². The second-order valence-corrected chi connectivity index (χ2v) is 3.01. The maximum atomic E-state index is 5.65. The van der Waals surface area contributed by atoms with Crippen molar-refractivity contribution >= 4 is 12.2 Å². The van der Waals surface area contributed by atoms with Crippen LogP contribution >= 0.6 is 12.2 Å². The summed E-state index contributed by atoms with van der Waals surface area (Å²) in [6.07, 6.45) is 0. The fourth-order valence-corrected chi connectivity index (χ4v) is 0.630. The summed E-state index contributed by atoms with van der Waals surface area (Å²) in [7, 11) is 0. The van der Waals surface area contributed by atoms with Crippen LogP contribution in [0.5, 0.6) is 0 Å². The molecule has 1 heterocycles. The van der Waals surface area contributed by atoms with Crippen LogP contribution in [-0.4, -0.2) is 10.2 Å². The average Bonchev–Trinajstić information content (AvgIpc) is 2.11. The van der Waals surface area contributed by atoms with Crippen molar-refractivity contribution in [2.75, 3.05) is 0 Å². The zero-order valence-electron chi connectivity index (χ0n) is 5.84. The zero-order chi connectivity index (χ0) is 7.78. The maximum absolute atomic E-state index is 5.65. The minimum absolute atomic E-state index is 0.258. The van der Waals surface area contributed by atoms with Gasteiger partial charge < -0.3 is 10.2 Å². The molecule has 4 nitrogen and oxygen atoms in total. The number of nitrogens with two attached hydrogens (primary N) is 1. The van der Waals surface area contributed by atoms with E-state index in [1.54, 1.807) is 13.8 Å². The predicted molar refractivity (Wildman–Crippen MR) is 38.9 cm³/mol. The molecule has 0 bridgehead atoms. The van der Waals surface area contributed by atoms with Crippen molar-refractivity contribution < 1.29 is 4.42 Å². The van der Waals surface area contributed by atoms with Crippen LogP contribution in [0.3, 0.4) is 0 Å². The Bertz CT molecular complexity index is 269. The summed E-state index contributed by atoms with van der Waals surface area (Å²) in [5, 5.41) is 6.26. The minimum Gasteiger partial charge on any atom is -0.412 e. The van der Waals surface area contributed by atoms with Gasteiger partial charge in [-0.05, 0) is 26.1 Å². The highest BCUT2D eigenvalue weighted by Gasteiger charge is 2.19. The number of nitrogens with one attached hydrogen (secondary N) is 1. The van der Waals surface area contributed by atoms with Crippen molar-refractivity contribution in [3.8, 4) is 0 Å². The Balaban J connectivity index is 3.07. The molecule has 1 aromatic rings. The van der Waals surface area contributed by atoms with E-state index in [4.69, 9.17) is 10.2 Å². The Kier molecular flexibility index (Phi) is 1.61. The third-order valence-electron chi connectivity index (χ3n) is 0.989. The van der Waals surface area contributed by atoms with Gasteiger partial charge in [0.2, 0.25) is 5.89 Å². The van der Waals surface area contributed by atoms with Crippen molar-refractivity contribution in [1.29, 1.82) is 0 Å². The molecule has 0 amide bonds. The van der Waals surface area contributed by atoms with E-state index in [0.717, 1.165) is 0 Å². The highest BCUT2D eigenvalue weighted by atomic mass is 32.1. The highest BCUT2D eigenvalue weighted by Crippen LogP contribution is 2.12. The van der Waals surface area contributed by atoms with Crippen molar-refractivity contribution in [2.24, 2.45) is 5.73 Å². The Hall–Kier alpha value is -0.680. The van der Waals surface area contributed by atoms with Crippen LogP contribution in [0.2, 0.25) is 0 Å². The van der Waals surface area contributed by atoms with Gasteiger partial charge >= 0.3 is 0 Å². The topological polar surface area (TPSA) is 67.8 Å². The first-order valence-corrected chi connectivity index (χ1v) is 3.26. The molecular formula is C5H9N3OS. The van der Waals surface area contributed by atoms with Gasteiger partial charge in [-0.15, -0.1) is 5.10 Å². The lowest BCUT2D eigenvalue weighted by Crippen LogP contribution is -2.28. The molecule has 3 N–H and O–H groups in total. The van der Waals surface area contributed by atoms with Gasteiger partial charge in [-0.3, -0.25) is 0 Å². The van der Waals surface area contributed by atoms with E-state index < -0.39 is 5.54 Å². The standard InChI is InChI=1S/C5H9N3OS/c1-5(2,6)3-7-8-4(10)9-3/h6H2,1-2H3,(H,8,10). The molecule has 0 unspecified atom stereocenters. The summed E-state index contributed by atoms with van der Waals surface area (Å²) in [4.78, 5) is 0.258. The van der Waals surface area contributed by atoms with Crippen molar-refractivity contribution in [3.05, 3.63) is 10.7 Å². The largest absolute Gasteiger partial charge is 0.412 e. The summed E-state index contributed by atoms with van der Waals surface area (Å²) in [5.74, 6) is 0.428. The van der Waals surface area contributed by atoms with E-state index in [-0.39, 0.29) is 4.84 Å². The van der Waals surface area contributed by atoms with E-state index in [9.17, 15) is 0 Å². The van der Waals surface area contributed by atoms with Gasteiger partial charge in [0.1, 0.15) is 0 Å². The smallest absolute Gasteiger partial charge is 0.284 e. The Morgan fingerprint density at radius 3 is 2.50 bits per heavy atom. The van der Waals surface area contributed by atoms with E-state index in [1.165, 1.54) is 0 Å². The molecule has 0 aliphatic carbocycles. The third-order valence-corrected chi connectivity index (χ3v) is 1.16. The molecule has 0 fully saturated rings. The van der Waals surface area contributed by atoms with Crippen LogP contribution in [0.15, 0.2) is 4.42 Å². The van der Waals surface area contributed by atoms with E-state index in [0.29, 0.717) is 5.89 Å². The second kappa shape index (κ2) is 2.17. The molecule has 0 aliphatic rings. The Morgan fingerprint density at radius 1 is 1.70 bits per heavy atom. The first-order valence-electron chi connectivity index (χ1n) is 2.85. The maximum Gasteiger partial charge on any atom is 0.284 e. The Morgan fingerprint density at radius 2 is 2.30 bits per heavy atom. The van der Waals surface area contributed by atoms with Gasteiger partial charge in [-0.1, -0.05) is 0 Å². The van der Waals surface area contributed by atoms with Crippen molar-refractivity contribution in [3.63, 3.8) is 0 Å². The first kappa shape index (κ1) is 7.43. The molecule has 0 aliphatic heterocycles. The summed E-state index contributed by atoms with van der Waals surface area (Å²) in [6.45, 7) is 3.59. The van der Waals surface area contributed by atoms with E-state index >= 15 is 0 Å². The highest BCUT2D eigenvalue weighted by molar-refractivity contribution is 7.71. The molecule has 1 rings (SSSR count). The van der Waals surface area contributed by atoms with Gasteiger partial charge in [-0.25, -0.2) is 5.10 Å². The predicted octanol–water partition coefficient (Wildman–Crippen LogP) is 0.926. The van der Waals surface area contributed by atoms with Gasteiger partial charge in [-0.2, -0.15) is 0 Å². The fraction of sp³-hybridized carbons (Fsp3) is 0.600. The number of aromatic amines is 1. The average molecular weight is 159 g/mol. The molecule has 56 valence electrons. The number of nitrogens with zero attached hydrogens (tertiary/aromatic N) is 1. The number of aromatic nitrogens is 2. The fourth-order valence-electron chi connectivity index (χ4n) is 0.505. The van der Waals surface area contributed by atoms with Gasteiger partial charge in [0, 0.05) is 0 Å². The summed E-state index contributed by atoms with van der Waals surface area (Å²) in [5.41, 5.74) is 5.09. The minimum atomic E-state index is -0.562. The molecule has 0 radical (unpaired) electrons. The second-order valence-electron chi connectivity index (χ2n) is 2.64. The lowest BCUT2D eigenvalue weighted by atomic mass is 10.1. The van der Waals surface area contributed by atoms with Crippen molar-refractivity contribution in [2.45, 2.75) is 19.4 Å². The van der Waals surface area contributed by atoms with Gasteiger partial charge in [0.15, 0.2) is 0 Å². The summed E-state index contributed by atoms with van der Waals surface area (Å²) in [6, 6.07) is 0. The lowest BCUT2D eigenvalue weighted by Gasteiger charge is -2.10. The molecule has 0 saturated carbocycles. The zero-order valence-corrected chi connectivity index (χ0v) is 6.66. The number of rotatable bonds is 1. The van der Waals surface area contributed by atoms with E-state index in [2.05, 4.69) is 22.4 Å². The lowest BCUT2D eigenvalue weighted by molar-refractivity contribution is 0.372. The molecule has 0 atom stereocenters. The van der Waals surface area contributed by atoms with Crippen LogP contribution in [0.1, 0.15) is 19.7 Å².